The summed E-state index contributed by atoms with van der Waals surface area (Å²) in [6, 6.07) is 13.9. The van der Waals surface area contributed by atoms with Gasteiger partial charge in [0.1, 0.15) is 28.7 Å². The molecule has 0 radical (unpaired) electrons. The molecule has 0 unspecified atom stereocenters. The van der Waals surface area contributed by atoms with Gasteiger partial charge in [-0.1, -0.05) is 52.0 Å². The molecule has 0 aliphatic rings. The molecule has 3 aromatic carbocycles. The van der Waals surface area contributed by atoms with Crippen LogP contribution in [0.3, 0.4) is 0 Å². The summed E-state index contributed by atoms with van der Waals surface area (Å²) in [5.41, 5.74) is 1.66. The molecule has 3 aromatic rings. The SMILES string of the molecule is COc1cc(OC)c(-c2cc(OCC(C)C)c3ccccc3c2OCC(C)C)c(OC)c1. The predicted molar refractivity (Wildman–Crippen MR) is 130 cm³/mol. The third-order valence-electron chi connectivity index (χ3n) is 5.07. The largest absolute Gasteiger partial charge is 0.496 e. The average molecular weight is 439 g/mol. The van der Waals surface area contributed by atoms with Gasteiger partial charge in [0, 0.05) is 28.5 Å². The first-order valence-electron chi connectivity index (χ1n) is 11.0. The van der Waals surface area contributed by atoms with E-state index in [-0.39, 0.29) is 0 Å². The van der Waals surface area contributed by atoms with Crippen LogP contribution in [0.25, 0.3) is 21.9 Å². The molecule has 0 aromatic heterocycles. The Morgan fingerprint density at radius 3 is 1.75 bits per heavy atom. The van der Waals surface area contributed by atoms with E-state index in [4.69, 9.17) is 23.7 Å². The molecule has 0 fully saturated rings. The number of methoxy groups -OCH3 is 3. The van der Waals surface area contributed by atoms with Crippen molar-refractivity contribution in [1.29, 1.82) is 0 Å². The molecule has 0 aliphatic carbocycles. The number of ether oxygens (including phenoxy) is 5. The zero-order valence-electron chi connectivity index (χ0n) is 20.2. The van der Waals surface area contributed by atoms with Gasteiger partial charge < -0.3 is 23.7 Å². The second kappa shape index (κ2) is 10.5. The third kappa shape index (κ3) is 5.04. The Morgan fingerprint density at radius 1 is 0.656 bits per heavy atom. The maximum absolute atomic E-state index is 6.40. The van der Waals surface area contributed by atoms with E-state index in [0.29, 0.717) is 42.3 Å². The maximum Gasteiger partial charge on any atom is 0.135 e. The van der Waals surface area contributed by atoms with Gasteiger partial charge in [-0.05, 0) is 17.9 Å². The van der Waals surface area contributed by atoms with E-state index in [1.165, 1.54) is 0 Å². The fourth-order valence-corrected chi connectivity index (χ4v) is 3.55. The Balaban J connectivity index is 2.35. The Morgan fingerprint density at radius 2 is 1.22 bits per heavy atom. The summed E-state index contributed by atoms with van der Waals surface area (Å²) in [6.07, 6.45) is 0. The first-order valence-corrected chi connectivity index (χ1v) is 11.0. The quantitative estimate of drug-likeness (QED) is 0.357. The molecule has 32 heavy (non-hydrogen) atoms. The molecule has 5 nitrogen and oxygen atoms in total. The van der Waals surface area contributed by atoms with Crippen LogP contribution in [0.2, 0.25) is 0 Å². The summed E-state index contributed by atoms with van der Waals surface area (Å²) >= 11 is 0. The van der Waals surface area contributed by atoms with Gasteiger partial charge >= 0.3 is 0 Å². The lowest BCUT2D eigenvalue weighted by atomic mass is 9.96. The number of rotatable bonds is 10. The molecule has 0 aliphatic heterocycles. The lowest BCUT2D eigenvalue weighted by Crippen LogP contribution is -2.08. The normalized spacial score (nSPS) is 11.2. The zero-order chi connectivity index (χ0) is 23.3. The van der Waals surface area contributed by atoms with Gasteiger partial charge in [0.05, 0.1) is 40.1 Å². The van der Waals surface area contributed by atoms with Crippen LogP contribution in [0.1, 0.15) is 27.7 Å². The summed E-state index contributed by atoms with van der Waals surface area (Å²) in [5.74, 6) is 4.30. The topological polar surface area (TPSA) is 46.2 Å². The van der Waals surface area contributed by atoms with Crippen molar-refractivity contribution in [3.63, 3.8) is 0 Å². The monoisotopic (exact) mass is 438 g/mol. The van der Waals surface area contributed by atoms with Crippen molar-refractivity contribution >= 4 is 10.8 Å². The van der Waals surface area contributed by atoms with Crippen LogP contribution in [0.15, 0.2) is 42.5 Å². The molecule has 0 amide bonds. The molecule has 0 spiro atoms. The molecule has 0 saturated carbocycles. The van der Waals surface area contributed by atoms with E-state index in [1.807, 2.05) is 30.3 Å². The lowest BCUT2D eigenvalue weighted by Gasteiger charge is -2.22. The van der Waals surface area contributed by atoms with Gasteiger partial charge in [-0.3, -0.25) is 0 Å². The maximum atomic E-state index is 6.40. The summed E-state index contributed by atoms with van der Waals surface area (Å²) in [4.78, 5) is 0. The molecule has 0 atom stereocenters. The lowest BCUT2D eigenvalue weighted by molar-refractivity contribution is 0.269. The van der Waals surface area contributed by atoms with E-state index in [0.717, 1.165) is 33.4 Å². The van der Waals surface area contributed by atoms with Gasteiger partial charge in [-0.25, -0.2) is 0 Å². The molecule has 0 bridgehead atoms. The average Bonchev–Trinajstić information content (AvgIpc) is 2.80. The standard InChI is InChI=1S/C27H34O5/c1-17(2)15-31-23-14-22(26-24(29-6)12-19(28-5)13-25(26)30-7)27(32-16-18(3)4)21-11-9-8-10-20(21)23/h8-14,17-18H,15-16H2,1-7H3. The van der Waals surface area contributed by atoms with Crippen molar-refractivity contribution in [2.45, 2.75) is 27.7 Å². The van der Waals surface area contributed by atoms with Gasteiger partial charge in [0.25, 0.3) is 0 Å². The van der Waals surface area contributed by atoms with E-state index in [9.17, 15) is 0 Å². The van der Waals surface area contributed by atoms with E-state index >= 15 is 0 Å². The Bertz CT molecular complexity index is 1030. The number of fused-ring (bicyclic) bond motifs is 1. The number of benzene rings is 3. The smallest absolute Gasteiger partial charge is 0.135 e. The number of hydrogen-bond acceptors (Lipinski definition) is 5. The van der Waals surface area contributed by atoms with Crippen LogP contribution in [-0.2, 0) is 0 Å². The first-order chi connectivity index (χ1) is 15.4. The highest BCUT2D eigenvalue weighted by Gasteiger charge is 2.23. The molecule has 0 heterocycles. The molecule has 3 rings (SSSR count). The summed E-state index contributed by atoms with van der Waals surface area (Å²) < 4.78 is 29.6. The van der Waals surface area contributed by atoms with E-state index < -0.39 is 0 Å². The summed E-state index contributed by atoms with van der Waals surface area (Å²) in [7, 11) is 4.91. The molecule has 0 saturated heterocycles. The summed E-state index contributed by atoms with van der Waals surface area (Å²) in [5, 5.41) is 2.01. The predicted octanol–water partition coefficient (Wildman–Crippen LogP) is 6.60. The fourth-order valence-electron chi connectivity index (χ4n) is 3.55. The second-order valence-corrected chi connectivity index (χ2v) is 8.61. The van der Waals surface area contributed by atoms with Gasteiger partial charge in [-0.15, -0.1) is 0 Å². The van der Waals surface area contributed by atoms with Crippen molar-refractivity contribution < 1.29 is 23.7 Å². The highest BCUT2D eigenvalue weighted by molar-refractivity contribution is 6.01. The first kappa shape index (κ1) is 23.6. The zero-order valence-corrected chi connectivity index (χ0v) is 20.2. The number of hydrogen-bond donors (Lipinski definition) is 0. The molecule has 0 N–H and O–H groups in total. The molecule has 5 heteroatoms. The Hall–Kier alpha value is -3.08. The highest BCUT2D eigenvalue weighted by atomic mass is 16.5. The Labute approximate surface area is 191 Å². The van der Waals surface area contributed by atoms with Gasteiger partial charge in [-0.2, -0.15) is 0 Å². The van der Waals surface area contributed by atoms with Crippen molar-refractivity contribution in [3.05, 3.63) is 42.5 Å². The van der Waals surface area contributed by atoms with Crippen LogP contribution >= 0.6 is 0 Å². The summed E-state index contributed by atoms with van der Waals surface area (Å²) in [6.45, 7) is 9.75. The van der Waals surface area contributed by atoms with Gasteiger partial charge in [0.15, 0.2) is 0 Å². The fraction of sp³-hybridized carbons (Fsp3) is 0.407. The third-order valence-corrected chi connectivity index (χ3v) is 5.07. The minimum absolute atomic E-state index is 0.373. The molecular formula is C27H34O5. The van der Waals surface area contributed by atoms with Crippen LogP contribution in [0.5, 0.6) is 28.7 Å². The van der Waals surface area contributed by atoms with Crippen molar-refractivity contribution in [2.24, 2.45) is 11.8 Å². The van der Waals surface area contributed by atoms with Crippen LogP contribution in [0.4, 0.5) is 0 Å². The second-order valence-electron chi connectivity index (χ2n) is 8.61. The van der Waals surface area contributed by atoms with E-state index in [1.54, 1.807) is 21.3 Å². The van der Waals surface area contributed by atoms with Crippen molar-refractivity contribution in [2.75, 3.05) is 34.5 Å². The van der Waals surface area contributed by atoms with E-state index in [2.05, 4.69) is 39.8 Å². The molecular weight excluding hydrogens is 404 g/mol. The molecule has 172 valence electrons. The van der Waals surface area contributed by atoms with Crippen LogP contribution < -0.4 is 23.7 Å². The minimum atomic E-state index is 0.373. The van der Waals surface area contributed by atoms with Gasteiger partial charge in [0.2, 0.25) is 0 Å². The van der Waals surface area contributed by atoms with Crippen molar-refractivity contribution in [1.82, 2.24) is 0 Å². The van der Waals surface area contributed by atoms with Crippen molar-refractivity contribution in [3.8, 4) is 39.9 Å². The minimum Gasteiger partial charge on any atom is -0.496 e. The highest BCUT2D eigenvalue weighted by Crippen LogP contribution is 2.49. The van der Waals surface area contributed by atoms with Crippen LogP contribution in [0, 0.1) is 11.8 Å². The Kier molecular flexibility index (Phi) is 7.73. The van der Waals surface area contributed by atoms with Crippen LogP contribution in [-0.4, -0.2) is 34.5 Å².